The molecule has 30 heavy (non-hydrogen) atoms. The van der Waals surface area contributed by atoms with Crippen molar-refractivity contribution in [2.45, 2.75) is 11.9 Å². The van der Waals surface area contributed by atoms with E-state index in [0.29, 0.717) is 6.61 Å². The third-order valence-corrected chi connectivity index (χ3v) is 6.85. The van der Waals surface area contributed by atoms with Crippen LogP contribution in [0, 0.1) is 5.82 Å². The van der Waals surface area contributed by atoms with E-state index in [1.165, 1.54) is 16.6 Å². The van der Waals surface area contributed by atoms with E-state index in [2.05, 4.69) is 24.3 Å². The fourth-order valence-corrected chi connectivity index (χ4v) is 5.10. The summed E-state index contributed by atoms with van der Waals surface area (Å²) in [6, 6.07) is 24.3. The summed E-state index contributed by atoms with van der Waals surface area (Å²) in [4.78, 5) is 0. The van der Waals surface area contributed by atoms with Gasteiger partial charge in [0, 0.05) is 0 Å². The van der Waals surface area contributed by atoms with Crippen LogP contribution < -0.4 is 13.9 Å². The normalized spacial score (nSPS) is 10.7. The Balaban J connectivity index is 1.57. The molecule has 3 aromatic carbocycles. The maximum absolute atomic E-state index is 13.4. The number of halogens is 1. The van der Waals surface area contributed by atoms with Crippen molar-refractivity contribution in [1.82, 2.24) is 0 Å². The van der Waals surface area contributed by atoms with E-state index in [9.17, 15) is 4.39 Å². The summed E-state index contributed by atoms with van der Waals surface area (Å²) in [5.74, 6) is 2.07. The first kappa shape index (κ1) is 20.3. The van der Waals surface area contributed by atoms with E-state index >= 15 is 0 Å². The Labute approximate surface area is 181 Å². The molecule has 0 aliphatic carbocycles. The van der Waals surface area contributed by atoms with Gasteiger partial charge in [0.1, 0.15) is 0 Å². The predicted molar refractivity (Wildman–Crippen MR) is 117 cm³/mol. The summed E-state index contributed by atoms with van der Waals surface area (Å²) >= 11 is 0.245. The molecule has 3 nitrogen and oxygen atoms in total. The van der Waals surface area contributed by atoms with Crippen LogP contribution in [0.2, 0.25) is 0 Å². The molecule has 0 N–H and O–H groups in total. The molecule has 0 atom stereocenters. The Morgan fingerprint density at radius 3 is 2.27 bits per heavy atom. The van der Waals surface area contributed by atoms with Crippen molar-refractivity contribution in [2.75, 3.05) is 7.11 Å². The van der Waals surface area contributed by atoms with Crippen LogP contribution in [0.4, 0.5) is 4.39 Å². The predicted octanol–water partition coefficient (Wildman–Crippen LogP) is 5.20. The van der Waals surface area contributed by atoms with Crippen LogP contribution in [-0.4, -0.2) is 22.1 Å². The van der Waals surface area contributed by atoms with Crippen LogP contribution in [-0.2, 0) is 11.9 Å². The van der Waals surface area contributed by atoms with Gasteiger partial charge in [0.2, 0.25) is 0 Å². The number of furan rings is 1. The molecule has 0 aliphatic heterocycles. The van der Waals surface area contributed by atoms with Gasteiger partial charge in [-0.05, 0) is 0 Å². The summed E-state index contributed by atoms with van der Waals surface area (Å²) in [5.41, 5.74) is 2.98. The van der Waals surface area contributed by atoms with Gasteiger partial charge >= 0.3 is 182 Å². The molecular weight excluding hydrogens is 446 g/mol. The zero-order valence-corrected chi connectivity index (χ0v) is 18.2. The quantitative estimate of drug-likeness (QED) is 0.334. The van der Waals surface area contributed by atoms with Crippen LogP contribution in [0.25, 0.3) is 11.3 Å². The molecule has 4 aromatic rings. The van der Waals surface area contributed by atoms with Gasteiger partial charge in [0.05, 0.1) is 0 Å². The zero-order valence-electron chi connectivity index (χ0n) is 16.5. The summed E-state index contributed by atoms with van der Waals surface area (Å²) in [5, 5.41) is 0.863. The molecule has 1 heterocycles. The van der Waals surface area contributed by atoms with Gasteiger partial charge in [-0.1, -0.05) is 0 Å². The molecule has 0 amide bonds. The van der Waals surface area contributed by atoms with Crippen molar-refractivity contribution in [1.29, 1.82) is 0 Å². The molecule has 5 heteroatoms. The van der Waals surface area contributed by atoms with E-state index in [-0.39, 0.29) is 20.8 Å². The number of methoxy groups -OCH3 is 1. The topological polar surface area (TPSA) is 31.6 Å². The van der Waals surface area contributed by atoms with Crippen LogP contribution >= 0.6 is 0 Å². The fourth-order valence-electron chi connectivity index (χ4n) is 3.05. The molecule has 152 valence electrons. The first-order valence-corrected chi connectivity index (χ1v) is 11.6. The average Bonchev–Trinajstić information content (AvgIpc) is 3.20. The van der Waals surface area contributed by atoms with Gasteiger partial charge in [-0.3, -0.25) is 0 Å². The SMILES string of the molecule is COc1ccc(OCc2coc(-c3ccc(F)cc3)c2C[Se]c2ccccc2)cc1. The van der Waals surface area contributed by atoms with Gasteiger partial charge in [-0.15, -0.1) is 0 Å². The number of ether oxygens (including phenoxy) is 2. The molecule has 4 rings (SSSR count). The van der Waals surface area contributed by atoms with Gasteiger partial charge < -0.3 is 0 Å². The first-order chi connectivity index (χ1) is 14.7. The van der Waals surface area contributed by atoms with Crippen LogP contribution in [0.1, 0.15) is 11.1 Å². The first-order valence-electron chi connectivity index (χ1n) is 9.53. The molecule has 0 fully saturated rings. The maximum atomic E-state index is 13.4. The Bertz CT molecular complexity index is 1070. The molecule has 0 saturated heterocycles. The van der Waals surface area contributed by atoms with Crippen molar-refractivity contribution in [3.63, 3.8) is 0 Å². The van der Waals surface area contributed by atoms with E-state index in [4.69, 9.17) is 13.9 Å². The number of rotatable bonds is 8. The Kier molecular flexibility index (Phi) is 6.53. The third-order valence-electron chi connectivity index (χ3n) is 4.67. The second kappa shape index (κ2) is 9.66. The molecular formula is C25H21FO3Se. The fraction of sp³-hybridized carbons (Fsp3) is 0.120. The van der Waals surface area contributed by atoms with Crippen molar-refractivity contribution in [2.24, 2.45) is 0 Å². The van der Waals surface area contributed by atoms with Crippen LogP contribution in [0.15, 0.2) is 89.5 Å². The van der Waals surface area contributed by atoms with Crippen LogP contribution in [0.5, 0.6) is 11.5 Å². The van der Waals surface area contributed by atoms with Crippen molar-refractivity contribution < 1.29 is 18.3 Å². The van der Waals surface area contributed by atoms with Gasteiger partial charge in [-0.2, -0.15) is 0 Å². The number of hydrogen-bond donors (Lipinski definition) is 0. The zero-order chi connectivity index (χ0) is 20.8. The standard InChI is InChI=1S/C25H21FO3Se/c1-27-21-11-13-22(14-12-21)28-15-19-16-29-25(18-7-9-20(26)10-8-18)24(19)17-30-23-5-3-2-4-6-23/h2-14,16H,15,17H2,1H3. The van der Waals surface area contributed by atoms with E-state index in [0.717, 1.165) is 39.3 Å². The van der Waals surface area contributed by atoms with E-state index < -0.39 is 0 Å². The van der Waals surface area contributed by atoms with Crippen LogP contribution in [0.3, 0.4) is 0 Å². The van der Waals surface area contributed by atoms with Crippen molar-refractivity contribution in [3.05, 3.63) is 102 Å². The number of hydrogen-bond acceptors (Lipinski definition) is 3. The minimum absolute atomic E-state index is 0.245. The molecule has 0 bridgehead atoms. The summed E-state index contributed by atoms with van der Waals surface area (Å²) in [6.45, 7) is 0.400. The van der Waals surface area contributed by atoms with Crippen molar-refractivity contribution in [3.8, 4) is 22.8 Å². The summed E-state index contributed by atoms with van der Waals surface area (Å²) in [7, 11) is 1.64. The average molecular weight is 467 g/mol. The molecule has 1 aromatic heterocycles. The second-order valence-electron chi connectivity index (χ2n) is 6.64. The van der Waals surface area contributed by atoms with Crippen molar-refractivity contribution >= 4 is 19.4 Å². The number of benzene rings is 3. The Hall–Kier alpha value is -3.01. The third kappa shape index (κ3) is 4.93. The van der Waals surface area contributed by atoms with Gasteiger partial charge in [0.25, 0.3) is 0 Å². The molecule has 0 saturated carbocycles. The second-order valence-corrected chi connectivity index (χ2v) is 8.84. The Morgan fingerprint density at radius 1 is 0.867 bits per heavy atom. The summed E-state index contributed by atoms with van der Waals surface area (Å²) < 4.78 is 31.8. The van der Waals surface area contributed by atoms with E-state index in [1.807, 2.05) is 30.3 Å². The van der Waals surface area contributed by atoms with E-state index in [1.54, 1.807) is 25.5 Å². The minimum atomic E-state index is -0.261. The molecule has 0 radical (unpaired) electrons. The molecule has 0 aliphatic rings. The summed E-state index contributed by atoms with van der Waals surface area (Å²) in [6.07, 6.45) is 1.75. The molecule has 0 spiro atoms. The molecule has 0 unspecified atom stereocenters. The monoisotopic (exact) mass is 468 g/mol. The van der Waals surface area contributed by atoms with Gasteiger partial charge in [0.15, 0.2) is 0 Å². The Morgan fingerprint density at radius 2 is 1.57 bits per heavy atom. The van der Waals surface area contributed by atoms with Gasteiger partial charge in [-0.25, -0.2) is 0 Å².